The average Bonchev–Trinajstić information content (AvgIpc) is 2.29. The summed E-state index contributed by atoms with van der Waals surface area (Å²) in [6.45, 7) is 5.07. The average molecular weight is 251 g/mol. The lowest BCUT2D eigenvalue weighted by molar-refractivity contribution is -0.139. The van der Waals surface area contributed by atoms with Crippen LogP contribution in [0.1, 0.15) is 19.4 Å². The maximum Gasteiger partial charge on any atom is 0.341 e. The number of carboxylic acids is 1. The van der Waals surface area contributed by atoms with Gasteiger partial charge in [-0.2, -0.15) is 0 Å². The molecule has 0 spiro atoms. The number of amides is 1. The highest BCUT2D eigenvalue weighted by molar-refractivity contribution is 5.92. The number of hydrogen-bond donors (Lipinski definition) is 2. The van der Waals surface area contributed by atoms with Crippen LogP contribution in [-0.2, 0) is 9.59 Å². The molecule has 0 bridgehead atoms. The van der Waals surface area contributed by atoms with Crippen molar-refractivity contribution in [3.63, 3.8) is 0 Å². The van der Waals surface area contributed by atoms with Crippen molar-refractivity contribution in [1.82, 2.24) is 0 Å². The summed E-state index contributed by atoms with van der Waals surface area (Å²) in [4.78, 5) is 21.9. The van der Waals surface area contributed by atoms with Crippen LogP contribution in [0.5, 0.6) is 5.75 Å². The van der Waals surface area contributed by atoms with Gasteiger partial charge in [0.25, 0.3) is 0 Å². The summed E-state index contributed by atoms with van der Waals surface area (Å²) in [5, 5.41) is 11.3. The highest BCUT2D eigenvalue weighted by Crippen LogP contribution is 2.21. The first kappa shape index (κ1) is 14.0. The van der Waals surface area contributed by atoms with Gasteiger partial charge in [0.15, 0.2) is 6.61 Å². The fourth-order valence-corrected chi connectivity index (χ4v) is 1.29. The number of ether oxygens (including phenoxy) is 1. The lowest BCUT2D eigenvalue weighted by Crippen LogP contribution is -2.18. The highest BCUT2D eigenvalue weighted by Gasteiger charge is 2.09. The molecule has 1 aromatic carbocycles. The Labute approximate surface area is 106 Å². The first-order chi connectivity index (χ1) is 8.40. The smallest absolute Gasteiger partial charge is 0.341 e. The van der Waals surface area contributed by atoms with Crippen molar-refractivity contribution in [3.05, 3.63) is 23.8 Å². The lowest BCUT2D eigenvalue weighted by atomic mass is 10.1. The number of rotatable bonds is 5. The standard InChI is InChI=1S/C13H17NO4/c1-8(2)13(17)14-11-5-4-10(6-9(11)3)18-7-12(15)16/h4-6,8H,7H2,1-3H3,(H,14,17)(H,15,16). The molecule has 5 nitrogen and oxygen atoms in total. The Morgan fingerprint density at radius 3 is 2.56 bits per heavy atom. The van der Waals surface area contributed by atoms with E-state index in [1.54, 1.807) is 18.2 Å². The largest absolute Gasteiger partial charge is 0.482 e. The third kappa shape index (κ3) is 4.08. The van der Waals surface area contributed by atoms with Gasteiger partial charge in [-0.1, -0.05) is 13.8 Å². The molecular weight excluding hydrogens is 234 g/mol. The molecule has 1 amide bonds. The second-order valence-electron chi connectivity index (χ2n) is 4.30. The van der Waals surface area contributed by atoms with Gasteiger partial charge in [-0.25, -0.2) is 4.79 Å². The summed E-state index contributed by atoms with van der Waals surface area (Å²) in [6.07, 6.45) is 0. The van der Waals surface area contributed by atoms with Gasteiger partial charge in [-0.3, -0.25) is 4.79 Å². The monoisotopic (exact) mass is 251 g/mol. The van der Waals surface area contributed by atoms with Crippen LogP contribution >= 0.6 is 0 Å². The van der Waals surface area contributed by atoms with Crippen LogP contribution in [0.15, 0.2) is 18.2 Å². The first-order valence-corrected chi connectivity index (χ1v) is 5.66. The Morgan fingerprint density at radius 1 is 1.39 bits per heavy atom. The molecule has 1 aromatic rings. The zero-order valence-corrected chi connectivity index (χ0v) is 10.7. The Hall–Kier alpha value is -2.04. The minimum atomic E-state index is -1.02. The number of anilines is 1. The van der Waals surface area contributed by atoms with E-state index in [-0.39, 0.29) is 18.4 Å². The van der Waals surface area contributed by atoms with Gasteiger partial charge in [0.2, 0.25) is 5.91 Å². The molecule has 0 saturated carbocycles. The molecule has 0 aliphatic carbocycles. The van der Waals surface area contributed by atoms with Gasteiger partial charge in [0, 0.05) is 11.6 Å². The number of hydrogen-bond acceptors (Lipinski definition) is 3. The van der Waals surface area contributed by atoms with Crippen LogP contribution in [0.25, 0.3) is 0 Å². The van der Waals surface area contributed by atoms with E-state index in [4.69, 9.17) is 9.84 Å². The minimum absolute atomic E-state index is 0.0581. The number of aliphatic carboxylic acids is 1. The van der Waals surface area contributed by atoms with Crippen LogP contribution in [0, 0.1) is 12.8 Å². The summed E-state index contributed by atoms with van der Waals surface area (Å²) in [5.41, 5.74) is 1.53. The number of aryl methyl sites for hydroxylation is 1. The Kier molecular flexibility index (Phi) is 4.71. The van der Waals surface area contributed by atoms with Gasteiger partial charge >= 0.3 is 5.97 Å². The van der Waals surface area contributed by atoms with Crippen molar-refractivity contribution >= 4 is 17.6 Å². The van der Waals surface area contributed by atoms with Crippen LogP contribution in [0.2, 0.25) is 0 Å². The quantitative estimate of drug-likeness (QED) is 0.839. The van der Waals surface area contributed by atoms with E-state index < -0.39 is 5.97 Å². The van der Waals surface area contributed by atoms with Crippen molar-refractivity contribution in [3.8, 4) is 5.75 Å². The SMILES string of the molecule is Cc1cc(OCC(=O)O)ccc1NC(=O)C(C)C. The van der Waals surface area contributed by atoms with Gasteiger partial charge < -0.3 is 15.2 Å². The molecule has 0 saturated heterocycles. The third-order valence-electron chi connectivity index (χ3n) is 2.34. The van der Waals surface area contributed by atoms with Crippen LogP contribution in [-0.4, -0.2) is 23.6 Å². The maximum atomic E-state index is 11.5. The molecule has 0 aliphatic rings. The second kappa shape index (κ2) is 6.05. The van der Waals surface area contributed by atoms with E-state index >= 15 is 0 Å². The van der Waals surface area contributed by atoms with E-state index in [0.29, 0.717) is 11.4 Å². The third-order valence-corrected chi connectivity index (χ3v) is 2.34. The topological polar surface area (TPSA) is 75.6 Å². The number of benzene rings is 1. The van der Waals surface area contributed by atoms with E-state index in [9.17, 15) is 9.59 Å². The number of nitrogens with one attached hydrogen (secondary N) is 1. The van der Waals surface area contributed by atoms with Crippen LogP contribution < -0.4 is 10.1 Å². The van der Waals surface area contributed by atoms with Crippen LogP contribution in [0.4, 0.5) is 5.69 Å². The van der Waals surface area contributed by atoms with E-state index in [1.807, 2.05) is 20.8 Å². The molecule has 0 heterocycles. The molecule has 0 aliphatic heterocycles. The molecule has 98 valence electrons. The Morgan fingerprint density at radius 2 is 2.06 bits per heavy atom. The molecule has 0 radical (unpaired) electrons. The first-order valence-electron chi connectivity index (χ1n) is 5.66. The number of carbonyl (C=O) groups is 2. The molecule has 0 unspecified atom stereocenters. The van der Waals surface area contributed by atoms with Crippen molar-refractivity contribution in [2.75, 3.05) is 11.9 Å². The molecule has 0 fully saturated rings. The molecule has 0 atom stereocenters. The highest BCUT2D eigenvalue weighted by atomic mass is 16.5. The van der Waals surface area contributed by atoms with Gasteiger partial charge in [0.1, 0.15) is 5.75 Å². The molecule has 5 heteroatoms. The molecular formula is C13H17NO4. The second-order valence-corrected chi connectivity index (χ2v) is 4.30. The van der Waals surface area contributed by atoms with Crippen LogP contribution in [0.3, 0.4) is 0 Å². The molecule has 2 N–H and O–H groups in total. The van der Waals surface area contributed by atoms with E-state index in [1.165, 1.54) is 0 Å². The zero-order valence-electron chi connectivity index (χ0n) is 10.7. The Balaban J connectivity index is 2.73. The summed E-state index contributed by atoms with van der Waals surface area (Å²) >= 11 is 0. The summed E-state index contributed by atoms with van der Waals surface area (Å²) in [6, 6.07) is 5.03. The minimum Gasteiger partial charge on any atom is -0.482 e. The van der Waals surface area contributed by atoms with E-state index in [0.717, 1.165) is 5.56 Å². The fraction of sp³-hybridized carbons (Fsp3) is 0.385. The van der Waals surface area contributed by atoms with Crippen molar-refractivity contribution in [2.45, 2.75) is 20.8 Å². The number of carbonyl (C=O) groups excluding carboxylic acids is 1. The summed E-state index contributed by atoms with van der Waals surface area (Å²) in [5.74, 6) is -0.702. The molecule has 18 heavy (non-hydrogen) atoms. The van der Waals surface area contributed by atoms with Crippen molar-refractivity contribution in [2.24, 2.45) is 5.92 Å². The van der Waals surface area contributed by atoms with Crippen molar-refractivity contribution < 1.29 is 19.4 Å². The normalized spacial score (nSPS) is 10.2. The lowest BCUT2D eigenvalue weighted by Gasteiger charge is -2.12. The van der Waals surface area contributed by atoms with Gasteiger partial charge in [-0.15, -0.1) is 0 Å². The maximum absolute atomic E-state index is 11.5. The summed E-state index contributed by atoms with van der Waals surface area (Å²) in [7, 11) is 0. The number of carboxylic acid groups (broad SMARTS) is 1. The molecule has 0 aromatic heterocycles. The van der Waals surface area contributed by atoms with Crippen molar-refractivity contribution in [1.29, 1.82) is 0 Å². The predicted octanol–water partition coefficient (Wildman–Crippen LogP) is 2.05. The van der Waals surface area contributed by atoms with E-state index in [2.05, 4.69) is 5.32 Å². The van der Waals surface area contributed by atoms with Gasteiger partial charge in [-0.05, 0) is 30.7 Å². The Bertz CT molecular complexity index is 454. The zero-order chi connectivity index (χ0) is 13.7. The van der Waals surface area contributed by atoms with Gasteiger partial charge in [0.05, 0.1) is 0 Å². The molecule has 1 rings (SSSR count). The summed E-state index contributed by atoms with van der Waals surface area (Å²) < 4.78 is 5.04. The predicted molar refractivity (Wildman–Crippen MR) is 67.8 cm³/mol. The fourth-order valence-electron chi connectivity index (χ4n) is 1.29.